The van der Waals surface area contributed by atoms with Crippen LogP contribution in [0.25, 0.3) is 0 Å². The Morgan fingerprint density at radius 3 is 2.32 bits per heavy atom. The Morgan fingerprint density at radius 1 is 1.03 bits per heavy atom. The van der Waals surface area contributed by atoms with E-state index in [2.05, 4.69) is 5.32 Å². The van der Waals surface area contributed by atoms with Crippen LogP contribution in [0.4, 0.5) is 17.6 Å². The van der Waals surface area contributed by atoms with E-state index in [1.807, 2.05) is 24.3 Å². The summed E-state index contributed by atoms with van der Waals surface area (Å²) in [6.07, 6.45) is -2.98. The summed E-state index contributed by atoms with van der Waals surface area (Å²) >= 11 is 1.67. The molecule has 0 radical (unpaired) electrons. The van der Waals surface area contributed by atoms with Crippen molar-refractivity contribution in [3.63, 3.8) is 0 Å². The van der Waals surface area contributed by atoms with E-state index in [1.54, 1.807) is 23.9 Å². The maximum absolute atomic E-state index is 13.8. The SMILES string of the molecule is Fc1ccc(Sc2ccc3c(c2)OCCO3)c(C2CCNCC2)c1.O=C(O)C(F)(F)F. The van der Waals surface area contributed by atoms with Crippen molar-refractivity contribution in [3.8, 4) is 11.5 Å². The number of rotatable bonds is 3. The number of carboxylic acids is 1. The number of hydrogen-bond donors (Lipinski definition) is 2. The number of nitrogens with one attached hydrogen (secondary N) is 1. The normalized spacial score (nSPS) is 16.3. The molecule has 2 aliphatic heterocycles. The molecule has 2 aromatic carbocycles. The van der Waals surface area contributed by atoms with E-state index in [0.29, 0.717) is 19.1 Å². The smallest absolute Gasteiger partial charge is 0.486 e. The van der Waals surface area contributed by atoms with Crippen LogP contribution in [-0.2, 0) is 4.79 Å². The van der Waals surface area contributed by atoms with Crippen molar-refractivity contribution < 1.29 is 36.9 Å². The molecule has 0 spiro atoms. The standard InChI is InChI=1S/C19H20FNO2S.C2HF3O2/c20-14-1-4-19(16(11-14)13-5-7-21-8-6-13)24-15-2-3-17-18(12-15)23-10-9-22-17;3-2(4,5)1(6)7/h1-4,11-13,21H,5-10H2;(H,6,7). The maximum Gasteiger partial charge on any atom is 0.490 e. The fourth-order valence-corrected chi connectivity index (χ4v) is 4.31. The van der Waals surface area contributed by atoms with Gasteiger partial charge < -0.3 is 19.9 Å². The lowest BCUT2D eigenvalue weighted by Crippen LogP contribution is -2.26. The highest BCUT2D eigenvalue weighted by atomic mass is 32.2. The van der Waals surface area contributed by atoms with Gasteiger partial charge in [-0.2, -0.15) is 13.2 Å². The van der Waals surface area contributed by atoms with Crippen molar-refractivity contribution in [2.45, 2.75) is 34.7 Å². The molecule has 0 aromatic heterocycles. The molecule has 5 nitrogen and oxygen atoms in total. The number of carboxylic acid groups (broad SMARTS) is 1. The molecule has 1 fully saturated rings. The third-order valence-corrected chi connectivity index (χ3v) is 5.82. The zero-order chi connectivity index (χ0) is 22.4. The van der Waals surface area contributed by atoms with Gasteiger partial charge in [0, 0.05) is 9.79 Å². The Labute approximate surface area is 180 Å². The van der Waals surface area contributed by atoms with Crippen molar-refractivity contribution >= 4 is 17.7 Å². The number of ether oxygens (including phenoxy) is 2. The van der Waals surface area contributed by atoms with Crippen LogP contribution >= 0.6 is 11.8 Å². The Kier molecular flexibility index (Phi) is 7.66. The van der Waals surface area contributed by atoms with Gasteiger partial charge in [-0.05, 0) is 73.8 Å². The molecule has 2 aromatic rings. The lowest BCUT2D eigenvalue weighted by molar-refractivity contribution is -0.192. The molecule has 0 atom stereocenters. The predicted octanol–water partition coefficient (Wildman–Crippen LogP) is 4.85. The molecule has 0 unspecified atom stereocenters. The van der Waals surface area contributed by atoms with E-state index < -0.39 is 12.1 Å². The van der Waals surface area contributed by atoms with Crippen molar-refractivity contribution in [2.24, 2.45) is 0 Å². The van der Waals surface area contributed by atoms with Crippen LogP contribution in [0.1, 0.15) is 24.3 Å². The fraction of sp³-hybridized carbons (Fsp3) is 0.381. The molecule has 31 heavy (non-hydrogen) atoms. The summed E-state index contributed by atoms with van der Waals surface area (Å²) in [5.41, 5.74) is 1.12. The van der Waals surface area contributed by atoms with E-state index >= 15 is 0 Å². The summed E-state index contributed by atoms with van der Waals surface area (Å²) in [5, 5.41) is 10.5. The summed E-state index contributed by atoms with van der Waals surface area (Å²) in [5.74, 6) is -0.913. The quantitative estimate of drug-likeness (QED) is 0.640. The summed E-state index contributed by atoms with van der Waals surface area (Å²) in [4.78, 5) is 11.1. The van der Waals surface area contributed by atoms with E-state index in [-0.39, 0.29) is 5.82 Å². The largest absolute Gasteiger partial charge is 0.490 e. The summed E-state index contributed by atoms with van der Waals surface area (Å²) < 4.78 is 56.8. The number of halogens is 4. The van der Waals surface area contributed by atoms with Gasteiger partial charge >= 0.3 is 12.1 Å². The van der Waals surface area contributed by atoms with Gasteiger partial charge in [0.05, 0.1) is 0 Å². The molecule has 2 heterocycles. The van der Waals surface area contributed by atoms with E-state index in [4.69, 9.17) is 19.4 Å². The molecular formula is C21H21F4NO4S. The average molecular weight is 459 g/mol. The molecule has 0 amide bonds. The zero-order valence-electron chi connectivity index (χ0n) is 16.4. The lowest BCUT2D eigenvalue weighted by Gasteiger charge is -2.25. The zero-order valence-corrected chi connectivity index (χ0v) is 17.2. The van der Waals surface area contributed by atoms with Gasteiger partial charge in [0.1, 0.15) is 19.0 Å². The highest BCUT2D eigenvalue weighted by Gasteiger charge is 2.38. The van der Waals surface area contributed by atoms with Crippen LogP contribution in [-0.4, -0.2) is 43.6 Å². The summed E-state index contributed by atoms with van der Waals surface area (Å²) in [6.45, 7) is 3.17. The summed E-state index contributed by atoms with van der Waals surface area (Å²) in [7, 11) is 0. The number of fused-ring (bicyclic) bond motifs is 1. The number of alkyl halides is 3. The van der Waals surface area contributed by atoms with E-state index in [1.165, 1.54) is 0 Å². The van der Waals surface area contributed by atoms with Crippen molar-refractivity contribution in [3.05, 3.63) is 47.8 Å². The molecule has 2 N–H and O–H groups in total. The van der Waals surface area contributed by atoms with Gasteiger partial charge in [0.25, 0.3) is 0 Å². The lowest BCUT2D eigenvalue weighted by atomic mass is 9.90. The number of carbonyl (C=O) groups is 1. The molecule has 4 rings (SSSR count). The Bertz CT molecular complexity index is 917. The molecule has 0 aliphatic carbocycles. The van der Waals surface area contributed by atoms with Crippen LogP contribution in [0.5, 0.6) is 11.5 Å². The number of hydrogen-bond acceptors (Lipinski definition) is 5. The van der Waals surface area contributed by atoms with E-state index in [0.717, 1.165) is 52.8 Å². The molecule has 0 bridgehead atoms. The van der Waals surface area contributed by atoms with Gasteiger partial charge in [-0.3, -0.25) is 0 Å². The number of benzene rings is 2. The van der Waals surface area contributed by atoms with Gasteiger partial charge in [-0.25, -0.2) is 9.18 Å². The topological polar surface area (TPSA) is 67.8 Å². The van der Waals surface area contributed by atoms with Crippen molar-refractivity contribution in [1.82, 2.24) is 5.32 Å². The number of aliphatic carboxylic acids is 1. The predicted molar refractivity (Wildman–Crippen MR) is 106 cm³/mol. The van der Waals surface area contributed by atoms with Crippen LogP contribution in [0.3, 0.4) is 0 Å². The number of piperidine rings is 1. The highest BCUT2D eigenvalue weighted by molar-refractivity contribution is 7.99. The van der Waals surface area contributed by atoms with Crippen LogP contribution in [0, 0.1) is 5.82 Å². The molecule has 1 saturated heterocycles. The first kappa shape index (κ1) is 23.2. The van der Waals surface area contributed by atoms with Crippen molar-refractivity contribution in [1.29, 1.82) is 0 Å². The maximum atomic E-state index is 13.8. The fourth-order valence-electron chi connectivity index (χ4n) is 3.28. The highest BCUT2D eigenvalue weighted by Crippen LogP contribution is 2.40. The Hall–Kier alpha value is -2.46. The van der Waals surface area contributed by atoms with Crippen LogP contribution in [0.2, 0.25) is 0 Å². The molecule has 0 saturated carbocycles. The van der Waals surface area contributed by atoms with Gasteiger partial charge in [-0.1, -0.05) is 11.8 Å². The summed E-state index contributed by atoms with van der Waals surface area (Å²) in [6, 6.07) is 11.1. The molecule has 10 heteroatoms. The monoisotopic (exact) mass is 459 g/mol. The van der Waals surface area contributed by atoms with Gasteiger partial charge in [0.2, 0.25) is 0 Å². The van der Waals surface area contributed by atoms with Gasteiger partial charge in [-0.15, -0.1) is 0 Å². The Balaban J connectivity index is 0.000000339. The molecule has 2 aliphatic rings. The minimum atomic E-state index is -5.08. The van der Waals surface area contributed by atoms with Crippen molar-refractivity contribution in [2.75, 3.05) is 26.3 Å². The molecule has 168 valence electrons. The van der Waals surface area contributed by atoms with Crippen LogP contribution in [0.15, 0.2) is 46.2 Å². The Morgan fingerprint density at radius 2 is 1.68 bits per heavy atom. The second kappa shape index (κ2) is 10.2. The average Bonchev–Trinajstić information content (AvgIpc) is 2.75. The van der Waals surface area contributed by atoms with E-state index in [9.17, 15) is 17.6 Å². The second-order valence-electron chi connectivity index (χ2n) is 6.92. The first-order valence-electron chi connectivity index (χ1n) is 9.62. The third-order valence-electron chi connectivity index (χ3n) is 4.73. The minimum Gasteiger partial charge on any atom is -0.486 e. The third kappa shape index (κ3) is 6.51. The second-order valence-corrected chi connectivity index (χ2v) is 8.03. The first-order chi connectivity index (χ1) is 14.7. The van der Waals surface area contributed by atoms with Gasteiger partial charge in [0.15, 0.2) is 11.5 Å². The first-order valence-corrected chi connectivity index (χ1v) is 10.4. The minimum absolute atomic E-state index is 0.157. The van der Waals surface area contributed by atoms with Crippen LogP contribution < -0.4 is 14.8 Å². The molecular weight excluding hydrogens is 438 g/mol.